The van der Waals surface area contributed by atoms with Crippen LogP contribution in [-0.4, -0.2) is 12.6 Å². The fourth-order valence-electron chi connectivity index (χ4n) is 3.22. The van der Waals surface area contributed by atoms with Crippen molar-refractivity contribution in [2.24, 2.45) is 0 Å². The summed E-state index contributed by atoms with van der Waals surface area (Å²) in [5, 5.41) is 0.685. The number of rotatable bonds is 7. The Balaban J connectivity index is 1.78. The Morgan fingerprint density at radius 2 is 1.90 bits per heavy atom. The first-order valence-electron chi connectivity index (χ1n) is 9.70. The number of esters is 1. The van der Waals surface area contributed by atoms with Gasteiger partial charge in [-0.2, -0.15) is 13.2 Å². The summed E-state index contributed by atoms with van der Waals surface area (Å²) in [6.07, 6.45) is -4.15. The van der Waals surface area contributed by atoms with Gasteiger partial charge in [-0.15, -0.1) is 0 Å². The van der Waals surface area contributed by atoms with Crippen LogP contribution in [0.1, 0.15) is 35.6 Å². The molecule has 3 rings (SSSR count). The third kappa shape index (κ3) is 5.45. The van der Waals surface area contributed by atoms with Crippen molar-refractivity contribution in [3.05, 3.63) is 75.1 Å². The Morgan fingerprint density at radius 3 is 2.61 bits per heavy atom. The van der Waals surface area contributed by atoms with Crippen LogP contribution in [0.4, 0.5) is 13.2 Å². The molecule has 0 amide bonds. The Morgan fingerprint density at radius 1 is 1.13 bits per heavy atom. The molecule has 0 aliphatic heterocycles. The second kappa shape index (κ2) is 9.24. The molecule has 0 fully saturated rings. The lowest BCUT2D eigenvalue weighted by atomic mass is 10.0. The molecule has 3 aromatic rings. The van der Waals surface area contributed by atoms with Crippen LogP contribution in [0.2, 0.25) is 0 Å². The maximum absolute atomic E-state index is 12.8. The Bertz CT molecular complexity index is 1150. The summed E-state index contributed by atoms with van der Waals surface area (Å²) in [6, 6.07) is 9.77. The molecule has 1 aromatic heterocycles. The fourth-order valence-corrected chi connectivity index (χ4v) is 3.22. The first-order valence-corrected chi connectivity index (χ1v) is 9.70. The number of hydrogen-bond acceptors (Lipinski definition) is 5. The third-order valence-corrected chi connectivity index (χ3v) is 4.80. The van der Waals surface area contributed by atoms with Crippen molar-refractivity contribution in [1.82, 2.24) is 0 Å². The van der Waals surface area contributed by atoms with E-state index < -0.39 is 17.4 Å². The van der Waals surface area contributed by atoms with Crippen molar-refractivity contribution in [2.75, 3.05) is 6.61 Å². The lowest BCUT2D eigenvalue weighted by molar-refractivity contribution is -0.143. The van der Waals surface area contributed by atoms with Crippen molar-refractivity contribution in [3.63, 3.8) is 0 Å². The maximum atomic E-state index is 12.8. The molecule has 0 N–H and O–H groups in total. The summed E-state index contributed by atoms with van der Waals surface area (Å²) in [6.45, 7) is 3.67. The first kappa shape index (κ1) is 22.4. The van der Waals surface area contributed by atoms with Gasteiger partial charge in [-0.3, -0.25) is 4.79 Å². The zero-order valence-corrected chi connectivity index (χ0v) is 17.0. The number of halogens is 3. The van der Waals surface area contributed by atoms with E-state index in [1.807, 2.05) is 0 Å². The molecule has 0 saturated carbocycles. The van der Waals surface area contributed by atoms with Crippen LogP contribution in [0.5, 0.6) is 5.75 Å². The van der Waals surface area contributed by atoms with Gasteiger partial charge in [0, 0.05) is 23.4 Å². The molecule has 0 saturated heterocycles. The summed E-state index contributed by atoms with van der Waals surface area (Å²) in [5.74, 6) is -0.0357. The van der Waals surface area contributed by atoms with Crippen LogP contribution in [0, 0.1) is 6.92 Å². The number of carbonyl (C=O) groups is 1. The first-order chi connectivity index (χ1) is 14.7. The summed E-state index contributed by atoms with van der Waals surface area (Å²) < 4.78 is 54.4. The number of carbonyl (C=O) groups excluding carboxylic acids is 1. The van der Waals surface area contributed by atoms with E-state index in [0.717, 1.165) is 12.1 Å². The van der Waals surface area contributed by atoms with Crippen LogP contribution in [0.15, 0.2) is 51.7 Å². The zero-order valence-electron chi connectivity index (χ0n) is 17.0. The highest BCUT2D eigenvalue weighted by molar-refractivity contribution is 5.82. The molecule has 0 spiro atoms. The van der Waals surface area contributed by atoms with Gasteiger partial charge in [0.1, 0.15) is 17.9 Å². The van der Waals surface area contributed by atoms with Gasteiger partial charge in [-0.1, -0.05) is 12.1 Å². The normalized spacial score (nSPS) is 11.5. The van der Waals surface area contributed by atoms with Gasteiger partial charge in [0.05, 0.1) is 12.2 Å². The van der Waals surface area contributed by atoms with Crippen LogP contribution in [0.3, 0.4) is 0 Å². The smallest absolute Gasteiger partial charge is 0.416 e. The van der Waals surface area contributed by atoms with E-state index in [-0.39, 0.29) is 32.0 Å². The van der Waals surface area contributed by atoms with Gasteiger partial charge >= 0.3 is 17.8 Å². The number of fused-ring (bicyclic) bond motifs is 1. The monoisotopic (exact) mass is 434 g/mol. The topological polar surface area (TPSA) is 65.7 Å². The van der Waals surface area contributed by atoms with Gasteiger partial charge in [0.2, 0.25) is 0 Å². The van der Waals surface area contributed by atoms with Crippen molar-refractivity contribution in [3.8, 4) is 5.75 Å². The Hall–Kier alpha value is -3.29. The molecule has 8 heteroatoms. The van der Waals surface area contributed by atoms with Crippen molar-refractivity contribution >= 4 is 16.9 Å². The van der Waals surface area contributed by atoms with E-state index in [4.69, 9.17) is 13.9 Å². The highest BCUT2D eigenvalue weighted by atomic mass is 19.4. The summed E-state index contributed by atoms with van der Waals surface area (Å²) in [5.41, 5.74) is 0.456. The predicted octanol–water partition coefficient (Wildman–Crippen LogP) is 5.19. The average molecular weight is 434 g/mol. The average Bonchev–Trinajstić information content (AvgIpc) is 2.71. The maximum Gasteiger partial charge on any atom is 0.416 e. The highest BCUT2D eigenvalue weighted by Crippen LogP contribution is 2.30. The Labute approximate surface area is 176 Å². The molecule has 164 valence electrons. The SMILES string of the molecule is CCOC(=O)CCc1c(C)c2ccc(OCc3cccc(C(F)(F)F)c3)cc2oc1=O. The van der Waals surface area contributed by atoms with Gasteiger partial charge in [-0.05, 0) is 55.7 Å². The third-order valence-electron chi connectivity index (χ3n) is 4.80. The van der Waals surface area contributed by atoms with E-state index >= 15 is 0 Å². The van der Waals surface area contributed by atoms with Gasteiger partial charge in [0.15, 0.2) is 0 Å². The summed E-state index contributed by atoms with van der Waals surface area (Å²) >= 11 is 0. The highest BCUT2D eigenvalue weighted by Gasteiger charge is 2.30. The van der Waals surface area contributed by atoms with Crippen LogP contribution >= 0.6 is 0 Å². The van der Waals surface area contributed by atoms with Gasteiger partial charge in [-0.25, -0.2) is 4.79 Å². The largest absolute Gasteiger partial charge is 0.489 e. The lowest BCUT2D eigenvalue weighted by Gasteiger charge is -2.11. The van der Waals surface area contributed by atoms with E-state index in [1.54, 1.807) is 26.0 Å². The van der Waals surface area contributed by atoms with E-state index in [1.165, 1.54) is 18.2 Å². The molecule has 5 nitrogen and oxygen atoms in total. The molecule has 2 aromatic carbocycles. The molecular weight excluding hydrogens is 413 g/mol. The van der Waals surface area contributed by atoms with E-state index in [2.05, 4.69) is 0 Å². The van der Waals surface area contributed by atoms with Crippen molar-refractivity contribution < 1.29 is 31.9 Å². The second-order valence-corrected chi connectivity index (χ2v) is 6.94. The van der Waals surface area contributed by atoms with Crippen LogP contribution < -0.4 is 10.4 Å². The number of ether oxygens (including phenoxy) is 2. The zero-order chi connectivity index (χ0) is 22.6. The number of aryl methyl sites for hydroxylation is 1. The predicted molar refractivity (Wildman–Crippen MR) is 108 cm³/mol. The summed E-state index contributed by atoms with van der Waals surface area (Å²) in [4.78, 5) is 24.0. The molecule has 0 unspecified atom stereocenters. The molecule has 0 aliphatic carbocycles. The minimum Gasteiger partial charge on any atom is -0.489 e. The molecule has 31 heavy (non-hydrogen) atoms. The van der Waals surface area contributed by atoms with Gasteiger partial charge < -0.3 is 13.9 Å². The number of alkyl halides is 3. The molecule has 0 atom stereocenters. The number of benzene rings is 2. The molecular formula is C23H21F3O5. The molecule has 0 bridgehead atoms. The summed E-state index contributed by atoms with van der Waals surface area (Å²) in [7, 11) is 0. The van der Waals surface area contributed by atoms with Crippen LogP contribution in [-0.2, 0) is 28.7 Å². The van der Waals surface area contributed by atoms with Gasteiger partial charge in [0.25, 0.3) is 0 Å². The minimum atomic E-state index is -4.43. The second-order valence-electron chi connectivity index (χ2n) is 6.94. The minimum absolute atomic E-state index is 0.0726. The fraction of sp³-hybridized carbons (Fsp3) is 0.304. The Kier molecular flexibility index (Phi) is 6.68. The number of hydrogen-bond donors (Lipinski definition) is 0. The van der Waals surface area contributed by atoms with Crippen molar-refractivity contribution in [1.29, 1.82) is 0 Å². The van der Waals surface area contributed by atoms with Crippen LogP contribution in [0.25, 0.3) is 11.0 Å². The molecule has 0 radical (unpaired) electrons. The molecule has 1 heterocycles. The molecule has 0 aliphatic rings. The lowest BCUT2D eigenvalue weighted by Crippen LogP contribution is -2.13. The van der Waals surface area contributed by atoms with E-state index in [9.17, 15) is 22.8 Å². The standard InChI is InChI=1S/C23H21F3O5/c1-3-29-21(27)10-9-19-14(2)18-8-7-17(12-20(18)31-22(19)28)30-13-15-5-4-6-16(11-15)23(24,25)26/h4-8,11-12H,3,9-10,13H2,1-2H3. The van der Waals surface area contributed by atoms with E-state index in [0.29, 0.717) is 33.4 Å². The quantitative estimate of drug-likeness (QED) is 0.378. The van der Waals surface area contributed by atoms with Crippen molar-refractivity contribution in [2.45, 2.75) is 39.5 Å².